The van der Waals surface area contributed by atoms with Crippen molar-refractivity contribution in [3.05, 3.63) is 0 Å². The summed E-state index contributed by atoms with van der Waals surface area (Å²) in [5, 5.41) is 3.51. The molecule has 1 heterocycles. The molecule has 82 valence electrons. The van der Waals surface area contributed by atoms with E-state index < -0.39 is 0 Å². The Morgan fingerprint density at radius 2 is 2.00 bits per heavy atom. The minimum Gasteiger partial charge on any atom is -0.369 e. The molecule has 2 nitrogen and oxygen atoms in total. The quantitative estimate of drug-likeness (QED) is 0.643. The van der Waals surface area contributed by atoms with Crippen molar-refractivity contribution in [1.29, 1.82) is 0 Å². The van der Waals surface area contributed by atoms with Crippen molar-refractivity contribution in [1.82, 2.24) is 5.32 Å². The maximum absolute atomic E-state index is 6.17. The van der Waals surface area contributed by atoms with Crippen LogP contribution in [0.4, 0.5) is 0 Å². The smallest absolute Gasteiger partial charge is 0.0813 e. The molecule has 2 rings (SSSR count). The normalized spacial score (nSPS) is 49.5. The van der Waals surface area contributed by atoms with Crippen molar-refractivity contribution < 1.29 is 4.74 Å². The lowest BCUT2D eigenvalue weighted by molar-refractivity contribution is -0.141. The molecule has 1 spiro atoms. The molecule has 4 atom stereocenters. The van der Waals surface area contributed by atoms with Crippen LogP contribution in [0.15, 0.2) is 0 Å². The highest BCUT2D eigenvalue weighted by molar-refractivity contribution is 4.94. The molecule has 0 aromatic carbocycles. The van der Waals surface area contributed by atoms with Crippen LogP contribution in [0, 0.1) is 11.8 Å². The van der Waals surface area contributed by atoms with Crippen LogP contribution in [-0.2, 0) is 4.74 Å². The Bertz CT molecular complexity index is 206. The molecule has 1 saturated carbocycles. The van der Waals surface area contributed by atoms with Gasteiger partial charge in [0.05, 0.1) is 11.7 Å². The summed E-state index contributed by atoms with van der Waals surface area (Å²) in [6.45, 7) is 9.00. The van der Waals surface area contributed by atoms with Crippen LogP contribution >= 0.6 is 0 Å². The molecule has 0 amide bonds. The molecule has 2 fully saturated rings. The highest BCUT2D eigenvalue weighted by atomic mass is 16.5. The zero-order valence-corrected chi connectivity index (χ0v) is 9.68. The highest BCUT2D eigenvalue weighted by Crippen LogP contribution is 2.39. The summed E-state index contributed by atoms with van der Waals surface area (Å²) in [4.78, 5) is 0. The van der Waals surface area contributed by atoms with Gasteiger partial charge in [-0.3, -0.25) is 0 Å². The topological polar surface area (TPSA) is 21.3 Å². The van der Waals surface area contributed by atoms with E-state index in [1.807, 2.05) is 0 Å². The average molecular weight is 197 g/mol. The molecule has 0 aromatic heterocycles. The maximum Gasteiger partial charge on any atom is 0.0813 e. The zero-order valence-electron chi connectivity index (χ0n) is 9.68. The van der Waals surface area contributed by atoms with E-state index in [0.717, 1.165) is 24.9 Å². The van der Waals surface area contributed by atoms with E-state index in [0.29, 0.717) is 6.10 Å². The second kappa shape index (κ2) is 3.82. The number of rotatable bonds is 0. The lowest BCUT2D eigenvalue weighted by atomic mass is 9.72. The van der Waals surface area contributed by atoms with E-state index >= 15 is 0 Å². The molecule has 1 saturated heterocycles. The molecular weight excluding hydrogens is 174 g/mol. The van der Waals surface area contributed by atoms with E-state index in [1.54, 1.807) is 0 Å². The van der Waals surface area contributed by atoms with Gasteiger partial charge in [0, 0.05) is 13.1 Å². The fraction of sp³-hybridized carbons (Fsp3) is 1.00. The van der Waals surface area contributed by atoms with Gasteiger partial charge >= 0.3 is 0 Å². The first-order valence-electron chi connectivity index (χ1n) is 6.00. The first-order chi connectivity index (χ1) is 6.61. The first kappa shape index (κ1) is 10.4. The van der Waals surface area contributed by atoms with Crippen LogP contribution in [0.25, 0.3) is 0 Å². The number of hydrogen-bond acceptors (Lipinski definition) is 2. The molecule has 1 aliphatic heterocycles. The molecule has 2 aliphatic rings. The van der Waals surface area contributed by atoms with Gasteiger partial charge in [-0.2, -0.15) is 0 Å². The standard InChI is InChI=1S/C12H23NO/c1-9-4-5-12(6-10(9)2)8-13-7-11(3)14-12/h9-11,13H,4-8H2,1-3H3. The highest BCUT2D eigenvalue weighted by Gasteiger charge is 2.41. The summed E-state index contributed by atoms with van der Waals surface area (Å²) in [6, 6.07) is 0. The van der Waals surface area contributed by atoms with Crippen LogP contribution < -0.4 is 5.32 Å². The predicted octanol–water partition coefficient (Wildman–Crippen LogP) is 2.19. The van der Waals surface area contributed by atoms with Gasteiger partial charge < -0.3 is 10.1 Å². The van der Waals surface area contributed by atoms with Gasteiger partial charge in [0.15, 0.2) is 0 Å². The molecule has 2 heteroatoms. The van der Waals surface area contributed by atoms with Crippen LogP contribution in [-0.4, -0.2) is 24.8 Å². The fourth-order valence-corrected chi connectivity index (χ4v) is 2.95. The Hall–Kier alpha value is -0.0800. The van der Waals surface area contributed by atoms with Gasteiger partial charge in [0.2, 0.25) is 0 Å². The number of hydrogen-bond donors (Lipinski definition) is 1. The molecule has 14 heavy (non-hydrogen) atoms. The fourth-order valence-electron chi connectivity index (χ4n) is 2.95. The van der Waals surface area contributed by atoms with Crippen LogP contribution in [0.3, 0.4) is 0 Å². The Morgan fingerprint density at radius 3 is 2.64 bits per heavy atom. The molecule has 0 aromatic rings. The lowest BCUT2D eigenvalue weighted by Crippen LogP contribution is -2.55. The SMILES string of the molecule is CC1CNCC2(CCC(C)C(C)C2)O1. The Balaban J connectivity index is 2.01. The van der Waals surface area contributed by atoms with E-state index in [-0.39, 0.29) is 5.60 Å². The predicted molar refractivity (Wildman–Crippen MR) is 58.3 cm³/mol. The van der Waals surface area contributed by atoms with Gasteiger partial charge in [-0.25, -0.2) is 0 Å². The van der Waals surface area contributed by atoms with Crippen LogP contribution in [0.2, 0.25) is 0 Å². The largest absolute Gasteiger partial charge is 0.369 e. The maximum atomic E-state index is 6.17. The third-order valence-electron chi connectivity index (χ3n) is 4.05. The second-order valence-electron chi connectivity index (χ2n) is 5.44. The van der Waals surface area contributed by atoms with Crippen molar-refractivity contribution in [2.45, 2.75) is 51.7 Å². The Kier molecular flexibility index (Phi) is 2.85. The molecule has 0 radical (unpaired) electrons. The van der Waals surface area contributed by atoms with E-state index in [1.165, 1.54) is 19.3 Å². The summed E-state index contributed by atoms with van der Waals surface area (Å²) < 4.78 is 6.17. The van der Waals surface area contributed by atoms with Gasteiger partial charge in [0.25, 0.3) is 0 Å². The molecule has 1 aliphatic carbocycles. The molecular formula is C12H23NO. The summed E-state index contributed by atoms with van der Waals surface area (Å²) in [7, 11) is 0. The van der Waals surface area contributed by atoms with E-state index in [2.05, 4.69) is 26.1 Å². The Morgan fingerprint density at radius 1 is 1.21 bits per heavy atom. The van der Waals surface area contributed by atoms with E-state index in [9.17, 15) is 0 Å². The van der Waals surface area contributed by atoms with Gasteiger partial charge in [-0.05, 0) is 38.0 Å². The van der Waals surface area contributed by atoms with Crippen molar-refractivity contribution in [3.8, 4) is 0 Å². The van der Waals surface area contributed by atoms with Gasteiger partial charge in [-0.1, -0.05) is 13.8 Å². The zero-order chi connectivity index (χ0) is 10.2. The average Bonchev–Trinajstić information content (AvgIpc) is 2.12. The van der Waals surface area contributed by atoms with Crippen molar-refractivity contribution in [2.75, 3.05) is 13.1 Å². The Labute approximate surface area is 87.4 Å². The number of morpholine rings is 1. The summed E-state index contributed by atoms with van der Waals surface area (Å²) >= 11 is 0. The first-order valence-corrected chi connectivity index (χ1v) is 6.00. The summed E-state index contributed by atoms with van der Waals surface area (Å²) in [5.74, 6) is 1.69. The van der Waals surface area contributed by atoms with E-state index in [4.69, 9.17) is 4.74 Å². The number of ether oxygens (including phenoxy) is 1. The van der Waals surface area contributed by atoms with Crippen molar-refractivity contribution in [3.63, 3.8) is 0 Å². The summed E-state index contributed by atoms with van der Waals surface area (Å²) in [6.07, 6.45) is 4.21. The van der Waals surface area contributed by atoms with Gasteiger partial charge in [0.1, 0.15) is 0 Å². The van der Waals surface area contributed by atoms with Crippen molar-refractivity contribution in [2.24, 2.45) is 11.8 Å². The summed E-state index contributed by atoms with van der Waals surface area (Å²) in [5.41, 5.74) is 0.170. The second-order valence-corrected chi connectivity index (χ2v) is 5.44. The molecule has 4 unspecified atom stereocenters. The third kappa shape index (κ3) is 1.96. The molecule has 1 N–H and O–H groups in total. The van der Waals surface area contributed by atoms with Crippen molar-refractivity contribution >= 4 is 0 Å². The minimum atomic E-state index is 0.170. The van der Waals surface area contributed by atoms with Crippen LogP contribution in [0.1, 0.15) is 40.0 Å². The lowest BCUT2D eigenvalue weighted by Gasteiger charge is -2.47. The minimum absolute atomic E-state index is 0.170. The number of nitrogens with one attached hydrogen (secondary N) is 1. The molecule has 0 bridgehead atoms. The van der Waals surface area contributed by atoms with Gasteiger partial charge in [-0.15, -0.1) is 0 Å². The monoisotopic (exact) mass is 197 g/mol. The third-order valence-corrected chi connectivity index (χ3v) is 4.05. The van der Waals surface area contributed by atoms with Crippen LogP contribution in [0.5, 0.6) is 0 Å².